The fraction of sp³-hybridized carbons (Fsp3) is 0.438. The number of hydrogen-bond acceptors (Lipinski definition) is 3. The first-order valence-corrected chi connectivity index (χ1v) is 7.49. The third kappa shape index (κ3) is 3.57. The van der Waals surface area contributed by atoms with E-state index in [0.717, 1.165) is 35.1 Å². The summed E-state index contributed by atoms with van der Waals surface area (Å²) in [5.74, 6) is 0.811. The highest BCUT2D eigenvalue weighted by Crippen LogP contribution is 2.24. The number of benzene rings is 1. The van der Waals surface area contributed by atoms with E-state index in [2.05, 4.69) is 29.5 Å². The van der Waals surface area contributed by atoms with Gasteiger partial charge in [0.2, 0.25) is 5.88 Å². The molecule has 1 unspecified atom stereocenters. The molecule has 1 N–H and O–H groups in total. The average molecular weight is 308 g/mol. The van der Waals surface area contributed by atoms with E-state index < -0.39 is 0 Å². The monoisotopic (exact) mass is 307 g/mol. The van der Waals surface area contributed by atoms with Crippen molar-refractivity contribution in [2.24, 2.45) is 7.05 Å². The minimum Gasteiger partial charge on any atom is -0.481 e. The zero-order chi connectivity index (χ0) is 15.4. The van der Waals surface area contributed by atoms with E-state index in [-0.39, 0.29) is 6.04 Å². The minimum absolute atomic E-state index is 0.284. The van der Waals surface area contributed by atoms with Gasteiger partial charge in [-0.05, 0) is 31.0 Å². The molecule has 0 amide bonds. The first-order valence-electron chi connectivity index (χ1n) is 7.12. The van der Waals surface area contributed by atoms with Crippen molar-refractivity contribution in [3.63, 3.8) is 0 Å². The maximum atomic E-state index is 5.95. The molecule has 21 heavy (non-hydrogen) atoms. The summed E-state index contributed by atoms with van der Waals surface area (Å²) in [6.45, 7) is 4.90. The van der Waals surface area contributed by atoms with E-state index in [1.54, 1.807) is 11.8 Å². The molecule has 1 atom stereocenters. The molecule has 2 rings (SSSR count). The van der Waals surface area contributed by atoms with Gasteiger partial charge < -0.3 is 10.1 Å². The van der Waals surface area contributed by atoms with Gasteiger partial charge in [-0.25, -0.2) is 4.68 Å². The molecule has 1 aromatic heterocycles. The van der Waals surface area contributed by atoms with Gasteiger partial charge in [-0.15, -0.1) is 0 Å². The Morgan fingerprint density at radius 2 is 2.00 bits per heavy atom. The molecule has 0 aliphatic rings. The van der Waals surface area contributed by atoms with Gasteiger partial charge in [0.05, 0.1) is 18.4 Å². The zero-order valence-corrected chi connectivity index (χ0v) is 13.7. The summed E-state index contributed by atoms with van der Waals surface area (Å²) < 4.78 is 7.20. The number of hydrogen-bond donors (Lipinski definition) is 1. The van der Waals surface area contributed by atoms with Crippen LogP contribution >= 0.6 is 11.6 Å². The van der Waals surface area contributed by atoms with Crippen molar-refractivity contribution in [1.29, 1.82) is 0 Å². The number of nitrogens with zero attached hydrogens (tertiary/aromatic N) is 2. The molecule has 0 saturated heterocycles. The molecule has 0 aliphatic carbocycles. The van der Waals surface area contributed by atoms with Crippen LogP contribution in [0.3, 0.4) is 0 Å². The highest BCUT2D eigenvalue weighted by Gasteiger charge is 2.16. The summed E-state index contributed by atoms with van der Waals surface area (Å²) in [7, 11) is 3.57. The largest absolute Gasteiger partial charge is 0.481 e. The van der Waals surface area contributed by atoms with Crippen LogP contribution in [-0.2, 0) is 13.6 Å². The van der Waals surface area contributed by atoms with Gasteiger partial charge in [0.1, 0.15) is 0 Å². The van der Waals surface area contributed by atoms with Gasteiger partial charge in [0, 0.05) is 24.7 Å². The van der Waals surface area contributed by atoms with Crippen molar-refractivity contribution >= 4 is 11.6 Å². The zero-order valence-electron chi connectivity index (χ0n) is 13.0. The Kier molecular flexibility index (Phi) is 5.26. The predicted octanol–water partition coefficient (Wildman–Crippen LogP) is 3.63. The fourth-order valence-electron chi connectivity index (χ4n) is 2.56. The molecule has 0 saturated carbocycles. The first kappa shape index (κ1) is 15.9. The van der Waals surface area contributed by atoms with E-state index in [9.17, 15) is 0 Å². The topological polar surface area (TPSA) is 39.1 Å². The quantitative estimate of drug-likeness (QED) is 0.885. The number of nitrogens with one attached hydrogen (secondary N) is 1. The van der Waals surface area contributed by atoms with Gasteiger partial charge in [0.25, 0.3) is 0 Å². The predicted molar refractivity (Wildman–Crippen MR) is 85.8 cm³/mol. The minimum atomic E-state index is 0.284. The second kappa shape index (κ2) is 6.96. The van der Waals surface area contributed by atoms with Crippen LogP contribution < -0.4 is 10.1 Å². The van der Waals surface area contributed by atoms with Crippen LogP contribution in [0.2, 0.25) is 5.02 Å². The first-order chi connectivity index (χ1) is 10.1. The Morgan fingerprint density at radius 1 is 1.33 bits per heavy atom. The lowest BCUT2D eigenvalue weighted by atomic mass is 10.0. The van der Waals surface area contributed by atoms with Gasteiger partial charge in [-0.1, -0.05) is 30.7 Å². The SMILES string of the molecule is CCC(NCc1c(C)nn(C)c1OC)c1ccc(Cl)cc1. The Hall–Kier alpha value is -1.52. The molecule has 2 aromatic rings. The van der Waals surface area contributed by atoms with Crippen LogP contribution in [0.15, 0.2) is 24.3 Å². The van der Waals surface area contributed by atoms with Crippen LogP contribution in [0.4, 0.5) is 0 Å². The van der Waals surface area contributed by atoms with Crippen molar-refractivity contribution in [3.05, 3.63) is 46.1 Å². The molecular weight excluding hydrogens is 286 g/mol. The lowest BCUT2D eigenvalue weighted by Gasteiger charge is -2.18. The van der Waals surface area contributed by atoms with Gasteiger partial charge in [0.15, 0.2) is 0 Å². The average Bonchev–Trinajstić information content (AvgIpc) is 2.75. The summed E-state index contributed by atoms with van der Waals surface area (Å²) in [6, 6.07) is 8.27. The standard InChI is InChI=1S/C16H22ClN3O/c1-5-15(12-6-8-13(17)9-7-12)18-10-14-11(2)19-20(3)16(14)21-4/h6-9,15,18H,5,10H2,1-4H3. The van der Waals surface area contributed by atoms with E-state index in [0.29, 0.717) is 0 Å². The number of halogens is 1. The number of ether oxygens (including phenoxy) is 1. The van der Waals surface area contributed by atoms with Crippen LogP contribution in [0, 0.1) is 6.92 Å². The molecule has 0 fully saturated rings. The summed E-state index contributed by atoms with van der Waals surface area (Å²) in [6.07, 6.45) is 1.00. The van der Waals surface area contributed by atoms with Crippen LogP contribution in [0.25, 0.3) is 0 Å². The smallest absolute Gasteiger partial charge is 0.216 e. The lowest BCUT2D eigenvalue weighted by Crippen LogP contribution is -2.20. The molecular formula is C16H22ClN3O. The van der Waals surface area contributed by atoms with Gasteiger partial charge in [-0.3, -0.25) is 0 Å². The second-order valence-corrected chi connectivity index (χ2v) is 5.53. The highest BCUT2D eigenvalue weighted by molar-refractivity contribution is 6.30. The third-order valence-corrected chi connectivity index (χ3v) is 3.94. The summed E-state index contributed by atoms with van der Waals surface area (Å²) in [4.78, 5) is 0. The van der Waals surface area contributed by atoms with E-state index >= 15 is 0 Å². The highest BCUT2D eigenvalue weighted by atomic mass is 35.5. The van der Waals surface area contributed by atoms with Crippen molar-refractivity contribution in [3.8, 4) is 5.88 Å². The molecule has 5 heteroatoms. The fourth-order valence-corrected chi connectivity index (χ4v) is 2.68. The van der Waals surface area contributed by atoms with Crippen molar-refractivity contribution in [2.75, 3.05) is 7.11 Å². The number of aryl methyl sites for hydroxylation is 2. The maximum Gasteiger partial charge on any atom is 0.216 e. The van der Waals surface area contributed by atoms with Crippen LogP contribution in [0.1, 0.15) is 36.2 Å². The van der Waals surface area contributed by atoms with Crippen molar-refractivity contribution in [1.82, 2.24) is 15.1 Å². The summed E-state index contributed by atoms with van der Waals surface area (Å²) >= 11 is 5.95. The van der Waals surface area contributed by atoms with Crippen molar-refractivity contribution in [2.45, 2.75) is 32.9 Å². The normalized spacial score (nSPS) is 12.4. The van der Waals surface area contributed by atoms with E-state index in [1.165, 1.54) is 5.56 Å². The summed E-state index contributed by atoms with van der Waals surface area (Å²) in [5, 5.41) is 8.74. The summed E-state index contributed by atoms with van der Waals surface area (Å²) in [5.41, 5.74) is 3.34. The van der Waals surface area contributed by atoms with Crippen LogP contribution in [-0.4, -0.2) is 16.9 Å². The molecule has 0 aliphatic heterocycles. The number of methoxy groups -OCH3 is 1. The Morgan fingerprint density at radius 3 is 2.57 bits per heavy atom. The number of aromatic nitrogens is 2. The Bertz CT molecular complexity index is 592. The second-order valence-electron chi connectivity index (χ2n) is 5.09. The molecule has 0 radical (unpaired) electrons. The maximum absolute atomic E-state index is 5.95. The van der Waals surface area contributed by atoms with Crippen molar-refractivity contribution < 1.29 is 4.74 Å². The number of rotatable bonds is 6. The Balaban J connectivity index is 2.12. The molecule has 0 spiro atoms. The molecule has 4 nitrogen and oxygen atoms in total. The molecule has 1 heterocycles. The lowest BCUT2D eigenvalue weighted by molar-refractivity contribution is 0.366. The molecule has 1 aromatic carbocycles. The Labute approximate surface area is 131 Å². The van der Waals surface area contributed by atoms with Gasteiger partial charge >= 0.3 is 0 Å². The van der Waals surface area contributed by atoms with Crippen LogP contribution in [0.5, 0.6) is 5.88 Å². The molecule has 0 bridgehead atoms. The van der Waals surface area contributed by atoms with Gasteiger partial charge in [-0.2, -0.15) is 5.10 Å². The molecule has 114 valence electrons. The van der Waals surface area contributed by atoms with E-state index in [4.69, 9.17) is 16.3 Å². The van der Waals surface area contributed by atoms with E-state index in [1.807, 2.05) is 26.1 Å². The third-order valence-electron chi connectivity index (χ3n) is 3.69.